The third kappa shape index (κ3) is 2.93. The molecular formula is C12H16BrClN2O. The number of rotatable bonds is 2. The van der Waals surface area contributed by atoms with Crippen molar-refractivity contribution < 1.29 is 4.79 Å². The first-order valence-corrected chi connectivity index (χ1v) is 6.21. The van der Waals surface area contributed by atoms with Crippen molar-refractivity contribution >= 4 is 39.9 Å². The van der Waals surface area contributed by atoms with Crippen molar-refractivity contribution in [2.24, 2.45) is 0 Å². The summed E-state index contributed by atoms with van der Waals surface area (Å²) in [6.45, 7) is 0. The van der Waals surface area contributed by atoms with Crippen LogP contribution in [0.25, 0.3) is 0 Å². The molecule has 0 spiro atoms. The van der Waals surface area contributed by atoms with E-state index in [1.54, 1.807) is 12.1 Å². The normalized spacial score (nSPS) is 14.7. The molecule has 0 aromatic heterocycles. The summed E-state index contributed by atoms with van der Waals surface area (Å²) in [6, 6.07) is 5.78. The van der Waals surface area contributed by atoms with Crippen molar-refractivity contribution in [2.75, 3.05) is 12.8 Å². The monoisotopic (exact) mass is 318 g/mol. The van der Waals surface area contributed by atoms with Gasteiger partial charge >= 0.3 is 0 Å². The van der Waals surface area contributed by atoms with Gasteiger partial charge in [0.1, 0.15) is 0 Å². The van der Waals surface area contributed by atoms with Crippen LogP contribution in [-0.2, 0) is 0 Å². The number of nitrogens with two attached hydrogens (primary N) is 1. The van der Waals surface area contributed by atoms with Gasteiger partial charge in [-0.05, 0) is 37.5 Å². The number of hydrogen-bond donors (Lipinski definition) is 1. The largest absolute Gasteiger partial charge is 0.398 e. The van der Waals surface area contributed by atoms with Gasteiger partial charge in [0.15, 0.2) is 0 Å². The van der Waals surface area contributed by atoms with E-state index in [1.165, 1.54) is 6.42 Å². The van der Waals surface area contributed by atoms with Gasteiger partial charge in [-0.3, -0.25) is 4.79 Å². The highest BCUT2D eigenvalue weighted by Crippen LogP contribution is 2.26. The van der Waals surface area contributed by atoms with Crippen LogP contribution in [0.1, 0.15) is 29.6 Å². The van der Waals surface area contributed by atoms with Crippen LogP contribution in [-0.4, -0.2) is 23.9 Å². The van der Waals surface area contributed by atoms with Crippen molar-refractivity contribution in [3.63, 3.8) is 0 Å². The van der Waals surface area contributed by atoms with E-state index in [-0.39, 0.29) is 18.3 Å². The van der Waals surface area contributed by atoms with Crippen LogP contribution in [0.15, 0.2) is 22.7 Å². The van der Waals surface area contributed by atoms with Crippen LogP contribution >= 0.6 is 28.3 Å². The highest BCUT2D eigenvalue weighted by atomic mass is 79.9. The average molecular weight is 320 g/mol. The molecule has 1 amide bonds. The molecular weight excluding hydrogens is 304 g/mol. The summed E-state index contributed by atoms with van der Waals surface area (Å²) in [5.74, 6) is 0.0229. The Labute approximate surface area is 116 Å². The number of carbonyl (C=O) groups is 1. The molecule has 2 N–H and O–H groups in total. The molecule has 0 heterocycles. The Hall–Kier alpha value is -0.740. The minimum atomic E-state index is 0. The van der Waals surface area contributed by atoms with Crippen LogP contribution in [0.5, 0.6) is 0 Å². The van der Waals surface area contributed by atoms with Crippen molar-refractivity contribution in [1.82, 2.24) is 4.90 Å². The van der Waals surface area contributed by atoms with Crippen LogP contribution in [0.4, 0.5) is 5.69 Å². The first-order chi connectivity index (χ1) is 7.59. The van der Waals surface area contributed by atoms with Gasteiger partial charge in [0.2, 0.25) is 0 Å². The fourth-order valence-corrected chi connectivity index (χ4v) is 2.24. The van der Waals surface area contributed by atoms with E-state index in [4.69, 9.17) is 5.73 Å². The molecule has 2 rings (SSSR count). The van der Waals surface area contributed by atoms with Crippen LogP contribution in [0.3, 0.4) is 0 Å². The molecule has 17 heavy (non-hydrogen) atoms. The molecule has 1 aliphatic rings. The van der Waals surface area contributed by atoms with Gasteiger partial charge in [0.05, 0.1) is 5.56 Å². The van der Waals surface area contributed by atoms with E-state index < -0.39 is 0 Å². The topological polar surface area (TPSA) is 46.3 Å². The SMILES string of the molecule is CN(C(=O)c1ccc(Br)cc1N)C1CCC1.Cl. The lowest BCUT2D eigenvalue weighted by Gasteiger charge is -2.35. The molecule has 1 fully saturated rings. The maximum Gasteiger partial charge on any atom is 0.255 e. The third-order valence-corrected chi connectivity index (χ3v) is 3.68. The number of amides is 1. The Morgan fingerprint density at radius 1 is 1.47 bits per heavy atom. The van der Waals surface area contributed by atoms with Gasteiger partial charge in [0, 0.05) is 23.2 Å². The molecule has 0 bridgehead atoms. The minimum Gasteiger partial charge on any atom is -0.398 e. The number of nitrogen functional groups attached to an aromatic ring is 1. The predicted molar refractivity (Wildman–Crippen MR) is 75.5 cm³/mol. The second-order valence-corrected chi connectivity index (χ2v) is 5.15. The Bertz CT molecular complexity index is 421. The molecule has 1 aliphatic carbocycles. The van der Waals surface area contributed by atoms with Gasteiger partial charge < -0.3 is 10.6 Å². The number of anilines is 1. The number of carbonyl (C=O) groups excluding carboxylic acids is 1. The van der Waals surface area contributed by atoms with Gasteiger partial charge in [0.25, 0.3) is 5.91 Å². The number of halogens is 2. The van der Waals surface area contributed by atoms with E-state index in [0.717, 1.165) is 17.3 Å². The highest BCUT2D eigenvalue weighted by Gasteiger charge is 2.27. The zero-order valence-corrected chi connectivity index (χ0v) is 12.1. The van der Waals surface area contributed by atoms with Gasteiger partial charge in [-0.2, -0.15) is 0 Å². The Kier molecular flexibility index (Phi) is 4.83. The fourth-order valence-electron chi connectivity index (χ4n) is 1.86. The van der Waals surface area contributed by atoms with Crippen LogP contribution < -0.4 is 5.73 Å². The van der Waals surface area contributed by atoms with E-state index in [2.05, 4.69) is 15.9 Å². The lowest BCUT2D eigenvalue weighted by atomic mass is 9.91. The molecule has 0 radical (unpaired) electrons. The smallest absolute Gasteiger partial charge is 0.255 e. The van der Waals surface area contributed by atoms with Crippen molar-refractivity contribution in [2.45, 2.75) is 25.3 Å². The molecule has 0 unspecified atom stereocenters. The lowest BCUT2D eigenvalue weighted by Crippen LogP contribution is -2.41. The molecule has 1 aromatic carbocycles. The molecule has 0 atom stereocenters. The summed E-state index contributed by atoms with van der Waals surface area (Å²) in [6.07, 6.45) is 3.44. The van der Waals surface area contributed by atoms with E-state index >= 15 is 0 Å². The second-order valence-electron chi connectivity index (χ2n) is 4.23. The number of benzene rings is 1. The minimum absolute atomic E-state index is 0. The molecule has 0 saturated heterocycles. The summed E-state index contributed by atoms with van der Waals surface area (Å²) < 4.78 is 0.896. The lowest BCUT2D eigenvalue weighted by molar-refractivity contribution is 0.0653. The maximum absolute atomic E-state index is 12.1. The fraction of sp³-hybridized carbons (Fsp3) is 0.417. The van der Waals surface area contributed by atoms with Crippen molar-refractivity contribution in [1.29, 1.82) is 0 Å². The van der Waals surface area contributed by atoms with Crippen LogP contribution in [0, 0.1) is 0 Å². The first kappa shape index (κ1) is 14.3. The Morgan fingerprint density at radius 2 is 2.12 bits per heavy atom. The summed E-state index contributed by atoms with van der Waals surface area (Å²) >= 11 is 3.33. The van der Waals surface area contributed by atoms with Gasteiger partial charge in [-0.1, -0.05) is 15.9 Å². The Balaban J connectivity index is 0.00000144. The van der Waals surface area contributed by atoms with E-state index in [9.17, 15) is 4.79 Å². The molecule has 0 aliphatic heterocycles. The average Bonchev–Trinajstić information content (AvgIpc) is 2.14. The van der Waals surface area contributed by atoms with Crippen LogP contribution in [0.2, 0.25) is 0 Å². The second kappa shape index (κ2) is 5.74. The number of nitrogens with zero attached hydrogens (tertiary/aromatic N) is 1. The molecule has 1 aromatic rings. The Morgan fingerprint density at radius 3 is 2.59 bits per heavy atom. The first-order valence-electron chi connectivity index (χ1n) is 5.42. The summed E-state index contributed by atoms with van der Waals surface area (Å²) in [7, 11) is 1.85. The van der Waals surface area contributed by atoms with Crippen molar-refractivity contribution in [3.8, 4) is 0 Å². The maximum atomic E-state index is 12.1. The molecule has 5 heteroatoms. The van der Waals surface area contributed by atoms with Gasteiger partial charge in [-0.25, -0.2) is 0 Å². The summed E-state index contributed by atoms with van der Waals surface area (Å²) in [4.78, 5) is 14.0. The third-order valence-electron chi connectivity index (χ3n) is 3.19. The van der Waals surface area contributed by atoms with E-state index in [1.807, 2.05) is 18.0 Å². The molecule has 3 nitrogen and oxygen atoms in total. The standard InChI is InChI=1S/C12H15BrN2O.ClH/c1-15(9-3-2-4-9)12(16)10-6-5-8(13)7-11(10)14;/h5-7,9H,2-4,14H2,1H3;1H. The zero-order valence-electron chi connectivity index (χ0n) is 9.65. The quantitative estimate of drug-likeness (QED) is 0.852. The van der Waals surface area contributed by atoms with Crippen molar-refractivity contribution in [3.05, 3.63) is 28.2 Å². The van der Waals surface area contributed by atoms with E-state index in [0.29, 0.717) is 17.3 Å². The predicted octanol–water partition coefficient (Wildman–Crippen LogP) is 3.08. The zero-order chi connectivity index (χ0) is 11.7. The van der Waals surface area contributed by atoms with Gasteiger partial charge in [-0.15, -0.1) is 12.4 Å². The summed E-state index contributed by atoms with van der Waals surface area (Å²) in [5.41, 5.74) is 6.97. The summed E-state index contributed by atoms with van der Waals surface area (Å²) in [5, 5.41) is 0. The number of hydrogen-bond acceptors (Lipinski definition) is 2. The molecule has 1 saturated carbocycles. The molecule has 94 valence electrons. The highest BCUT2D eigenvalue weighted by molar-refractivity contribution is 9.10.